The zero-order valence-electron chi connectivity index (χ0n) is 16.7. The molecular weight excluding hydrogens is 405 g/mol. The molecule has 2 unspecified atom stereocenters. The summed E-state index contributed by atoms with van der Waals surface area (Å²) in [5.41, 5.74) is 2.72. The van der Waals surface area contributed by atoms with Crippen molar-refractivity contribution >= 4 is 22.6 Å². The van der Waals surface area contributed by atoms with Crippen molar-refractivity contribution in [2.24, 2.45) is 5.92 Å². The Bertz CT molecular complexity index is 1090. The summed E-state index contributed by atoms with van der Waals surface area (Å²) in [4.78, 5) is 17.9. The lowest BCUT2D eigenvalue weighted by Gasteiger charge is -2.33. The molecule has 2 atom stereocenters. The van der Waals surface area contributed by atoms with Gasteiger partial charge in [-0.3, -0.25) is 4.57 Å². The predicted octanol–water partition coefficient (Wildman–Crippen LogP) is 4.54. The topological polar surface area (TPSA) is 50.3 Å². The van der Waals surface area contributed by atoms with Crippen LogP contribution in [0, 0.1) is 11.7 Å². The van der Waals surface area contributed by atoms with Crippen LogP contribution in [0.3, 0.4) is 0 Å². The summed E-state index contributed by atoms with van der Waals surface area (Å²) in [5.74, 6) is 0.267. The first kappa shape index (κ1) is 19.8. The second-order valence-corrected chi connectivity index (χ2v) is 8.91. The van der Waals surface area contributed by atoms with Crippen molar-refractivity contribution in [3.8, 4) is 0 Å². The summed E-state index contributed by atoms with van der Waals surface area (Å²) in [5, 5.41) is 0.628. The quantitative estimate of drug-likeness (QED) is 0.662. The van der Waals surface area contributed by atoms with Gasteiger partial charge in [0.15, 0.2) is 0 Å². The standard InChI is InChI=1S/C23H25ClFN3O2/c24-17-3-6-21-20(12-17)26-23(29)28(21)19-7-9-27(10-8-19)13-15-11-22(30-14-15)16-1-4-18(25)5-2-16/h1-6,12,15,19,22H,7-11,13-14H2,(H,26,29). The molecule has 0 spiro atoms. The predicted molar refractivity (Wildman–Crippen MR) is 115 cm³/mol. The minimum Gasteiger partial charge on any atom is -0.373 e. The van der Waals surface area contributed by atoms with Crippen LogP contribution in [0.5, 0.6) is 0 Å². The molecule has 2 aliphatic heterocycles. The Morgan fingerprint density at radius 3 is 2.67 bits per heavy atom. The highest BCUT2D eigenvalue weighted by molar-refractivity contribution is 6.31. The molecule has 0 aliphatic carbocycles. The highest BCUT2D eigenvalue weighted by atomic mass is 35.5. The molecule has 3 heterocycles. The van der Waals surface area contributed by atoms with Gasteiger partial charge in [0.25, 0.3) is 0 Å². The van der Waals surface area contributed by atoms with Crippen LogP contribution >= 0.6 is 11.6 Å². The van der Waals surface area contributed by atoms with Crippen LogP contribution in [0.15, 0.2) is 47.3 Å². The van der Waals surface area contributed by atoms with E-state index in [4.69, 9.17) is 16.3 Å². The second kappa shape index (κ2) is 8.17. The fourth-order valence-corrected chi connectivity index (χ4v) is 5.09. The molecule has 5 nitrogen and oxygen atoms in total. The van der Waals surface area contributed by atoms with E-state index in [1.807, 2.05) is 34.9 Å². The third kappa shape index (κ3) is 3.92. The van der Waals surface area contributed by atoms with Crippen molar-refractivity contribution in [2.45, 2.75) is 31.4 Å². The summed E-state index contributed by atoms with van der Waals surface area (Å²) in [7, 11) is 0. The van der Waals surface area contributed by atoms with Crippen molar-refractivity contribution < 1.29 is 9.13 Å². The maximum absolute atomic E-state index is 13.1. The number of imidazole rings is 1. The van der Waals surface area contributed by atoms with E-state index < -0.39 is 0 Å². The van der Waals surface area contributed by atoms with Crippen LogP contribution in [0.25, 0.3) is 11.0 Å². The van der Waals surface area contributed by atoms with E-state index in [0.717, 1.165) is 62.1 Å². The summed E-state index contributed by atoms with van der Waals surface area (Å²) in [6.45, 7) is 3.68. The van der Waals surface area contributed by atoms with Gasteiger partial charge in [-0.15, -0.1) is 0 Å². The van der Waals surface area contributed by atoms with Gasteiger partial charge in [-0.1, -0.05) is 23.7 Å². The molecule has 1 N–H and O–H groups in total. The lowest BCUT2D eigenvalue weighted by Crippen LogP contribution is -2.39. The first-order chi connectivity index (χ1) is 14.6. The number of H-pyrrole nitrogens is 1. The van der Waals surface area contributed by atoms with Crippen molar-refractivity contribution in [3.05, 3.63) is 69.4 Å². The average Bonchev–Trinajstić information content (AvgIpc) is 3.32. The Hall–Kier alpha value is -2.15. The Kier molecular flexibility index (Phi) is 5.39. The van der Waals surface area contributed by atoms with Gasteiger partial charge in [0, 0.05) is 30.7 Å². The van der Waals surface area contributed by atoms with Gasteiger partial charge in [-0.2, -0.15) is 0 Å². The van der Waals surface area contributed by atoms with Crippen LogP contribution in [-0.4, -0.2) is 40.7 Å². The Morgan fingerprint density at radius 2 is 1.90 bits per heavy atom. The average molecular weight is 430 g/mol. The van der Waals surface area contributed by atoms with Crippen LogP contribution in [0.4, 0.5) is 4.39 Å². The molecule has 0 bridgehead atoms. The number of ether oxygens (including phenoxy) is 1. The van der Waals surface area contributed by atoms with E-state index in [2.05, 4.69) is 9.88 Å². The second-order valence-electron chi connectivity index (χ2n) is 8.47. The Labute approximate surface area is 179 Å². The lowest BCUT2D eigenvalue weighted by molar-refractivity contribution is 0.100. The fraction of sp³-hybridized carbons (Fsp3) is 0.435. The third-order valence-corrected chi connectivity index (χ3v) is 6.67. The first-order valence-corrected chi connectivity index (χ1v) is 10.9. The fourth-order valence-electron chi connectivity index (χ4n) is 4.92. The largest absolute Gasteiger partial charge is 0.373 e. The number of nitrogens with zero attached hydrogens (tertiary/aromatic N) is 2. The maximum atomic E-state index is 13.1. The number of halogens is 2. The minimum atomic E-state index is -0.214. The van der Waals surface area contributed by atoms with E-state index in [0.29, 0.717) is 10.9 Å². The van der Waals surface area contributed by atoms with Gasteiger partial charge in [0.2, 0.25) is 0 Å². The molecule has 0 amide bonds. The number of hydrogen-bond donors (Lipinski definition) is 1. The number of hydrogen-bond acceptors (Lipinski definition) is 3. The molecule has 7 heteroatoms. The first-order valence-electron chi connectivity index (χ1n) is 10.6. The highest BCUT2D eigenvalue weighted by Crippen LogP contribution is 2.34. The third-order valence-electron chi connectivity index (χ3n) is 6.44. The smallest absolute Gasteiger partial charge is 0.326 e. The van der Waals surface area contributed by atoms with Gasteiger partial charge >= 0.3 is 5.69 Å². The normalized spacial score (nSPS) is 23.4. The summed E-state index contributed by atoms with van der Waals surface area (Å²) < 4.78 is 21.0. The number of nitrogens with one attached hydrogen (secondary N) is 1. The molecule has 2 fully saturated rings. The van der Waals surface area contributed by atoms with Crippen LogP contribution in [-0.2, 0) is 4.74 Å². The molecule has 30 heavy (non-hydrogen) atoms. The summed E-state index contributed by atoms with van der Waals surface area (Å²) in [6.07, 6.45) is 2.92. The number of likely N-dealkylation sites (tertiary alicyclic amines) is 1. The van der Waals surface area contributed by atoms with Gasteiger partial charge in [0.05, 0.1) is 23.7 Å². The SMILES string of the molecule is O=c1[nH]c2cc(Cl)ccc2n1C1CCN(CC2COC(c3ccc(F)cc3)C2)CC1. The minimum absolute atomic E-state index is 0.0583. The van der Waals surface area contributed by atoms with Crippen molar-refractivity contribution in [2.75, 3.05) is 26.2 Å². The zero-order valence-corrected chi connectivity index (χ0v) is 17.4. The van der Waals surface area contributed by atoms with Crippen LogP contribution in [0.1, 0.15) is 37.0 Å². The maximum Gasteiger partial charge on any atom is 0.326 e. The molecular formula is C23H25ClFN3O2. The number of fused-ring (bicyclic) bond motifs is 1. The summed E-state index contributed by atoms with van der Waals surface area (Å²) >= 11 is 6.06. The van der Waals surface area contributed by atoms with E-state index in [1.165, 1.54) is 12.1 Å². The van der Waals surface area contributed by atoms with Crippen molar-refractivity contribution in [3.63, 3.8) is 0 Å². The van der Waals surface area contributed by atoms with Gasteiger partial charge in [-0.25, -0.2) is 9.18 Å². The van der Waals surface area contributed by atoms with Gasteiger partial charge in [-0.05, 0) is 61.1 Å². The van der Waals surface area contributed by atoms with E-state index in [1.54, 1.807) is 0 Å². The molecule has 2 saturated heterocycles. The number of piperidine rings is 1. The monoisotopic (exact) mass is 429 g/mol. The number of aromatic nitrogens is 2. The zero-order chi connectivity index (χ0) is 20.7. The highest BCUT2D eigenvalue weighted by Gasteiger charge is 2.30. The van der Waals surface area contributed by atoms with Crippen LogP contribution in [0.2, 0.25) is 5.02 Å². The molecule has 2 aromatic carbocycles. The van der Waals surface area contributed by atoms with Gasteiger partial charge in [0.1, 0.15) is 5.82 Å². The number of rotatable bonds is 4. The van der Waals surface area contributed by atoms with Gasteiger partial charge < -0.3 is 14.6 Å². The molecule has 3 aromatic rings. The lowest BCUT2D eigenvalue weighted by atomic mass is 9.98. The molecule has 1 aromatic heterocycles. The molecule has 0 saturated carbocycles. The Morgan fingerprint density at radius 1 is 1.13 bits per heavy atom. The number of benzene rings is 2. The van der Waals surface area contributed by atoms with Crippen LogP contribution < -0.4 is 5.69 Å². The number of aromatic amines is 1. The van der Waals surface area contributed by atoms with Crippen molar-refractivity contribution in [1.82, 2.24) is 14.5 Å². The molecule has 2 aliphatic rings. The van der Waals surface area contributed by atoms with E-state index in [9.17, 15) is 9.18 Å². The van der Waals surface area contributed by atoms with E-state index >= 15 is 0 Å². The molecule has 158 valence electrons. The van der Waals surface area contributed by atoms with Crippen molar-refractivity contribution in [1.29, 1.82) is 0 Å². The summed E-state index contributed by atoms with van der Waals surface area (Å²) in [6, 6.07) is 12.4. The van der Waals surface area contributed by atoms with E-state index in [-0.39, 0.29) is 23.7 Å². The Balaban J connectivity index is 1.19. The molecule has 5 rings (SSSR count). The molecule has 0 radical (unpaired) electrons.